The van der Waals surface area contributed by atoms with E-state index < -0.39 is 17.6 Å². The maximum Gasteiger partial charge on any atom is 0.416 e. The molecule has 1 aliphatic heterocycles. The molecule has 0 spiro atoms. The summed E-state index contributed by atoms with van der Waals surface area (Å²) in [7, 11) is 1.47. The Balaban J connectivity index is 1.94. The molecule has 0 atom stereocenters. The number of benzene rings is 1. The zero-order valence-electron chi connectivity index (χ0n) is 12.7. The molecular weight excluding hydrogens is 322 g/mol. The number of alkyl halides is 3. The molecule has 5 nitrogen and oxygen atoms in total. The minimum atomic E-state index is -4.43. The lowest BCUT2D eigenvalue weighted by Crippen LogP contribution is -2.41. The first-order valence-electron chi connectivity index (χ1n) is 7.23. The number of carbonyl (C=O) groups is 2. The molecule has 2 amide bonds. The second-order valence-corrected chi connectivity index (χ2v) is 5.35. The molecule has 0 bridgehead atoms. The quantitative estimate of drug-likeness (QED) is 0.845. The molecule has 0 unspecified atom stereocenters. The molecule has 2 aromatic rings. The maximum absolute atomic E-state index is 12.7. The molecule has 1 aliphatic rings. The van der Waals surface area contributed by atoms with Crippen molar-refractivity contribution in [1.82, 2.24) is 9.79 Å². The van der Waals surface area contributed by atoms with Gasteiger partial charge in [-0.1, -0.05) is 0 Å². The van der Waals surface area contributed by atoms with E-state index in [-0.39, 0.29) is 17.2 Å². The van der Waals surface area contributed by atoms with Gasteiger partial charge in [0, 0.05) is 25.0 Å². The molecule has 0 aliphatic carbocycles. The predicted molar refractivity (Wildman–Crippen MR) is 83.6 cm³/mol. The summed E-state index contributed by atoms with van der Waals surface area (Å²) in [4.78, 5) is 26.0. The van der Waals surface area contributed by atoms with E-state index in [4.69, 9.17) is 0 Å². The number of nitrogens with zero attached hydrogens (tertiary/aromatic N) is 2. The molecule has 9 heteroatoms. The van der Waals surface area contributed by atoms with Crippen LogP contribution in [0.3, 0.4) is 0 Å². The van der Waals surface area contributed by atoms with Crippen LogP contribution in [0.5, 0.6) is 0 Å². The van der Waals surface area contributed by atoms with Gasteiger partial charge in [-0.15, -0.1) is 0 Å². The smallest absolute Gasteiger partial charge is 0.402 e. The molecule has 24 heavy (non-hydrogen) atoms. The van der Waals surface area contributed by atoms with Gasteiger partial charge in [-0.05, 0) is 30.3 Å². The van der Waals surface area contributed by atoms with Crippen molar-refractivity contribution in [3.05, 3.63) is 53.3 Å². The lowest BCUT2D eigenvalue weighted by Gasteiger charge is -2.29. The fourth-order valence-corrected chi connectivity index (χ4v) is 2.73. The summed E-state index contributed by atoms with van der Waals surface area (Å²) in [6.45, 7) is 0.776. The average Bonchev–Trinajstić information content (AvgIpc) is 2.99. The fraction of sp³-hybridized carbons (Fsp3) is 0.200. The van der Waals surface area contributed by atoms with E-state index in [2.05, 4.69) is 5.23 Å². The normalized spacial score (nSPS) is 14.5. The Hall–Kier alpha value is -2.71. The van der Waals surface area contributed by atoms with Crippen molar-refractivity contribution < 1.29 is 22.8 Å². The fourth-order valence-electron chi connectivity index (χ4n) is 2.73. The van der Waals surface area contributed by atoms with Gasteiger partial charge in [0.05, 0.1) is 11.1 Å². The van der Waals surface area contributed by atoms with Gasteiger partial charge in [0.2, 0.25) is 13.9 Å². The molecular formula is C15H13BF3N3O2. The molecule has 1 aromatic carbocycles. The van der Waals surface area contributed by atoms with Crippen LogP contribution in [-0.2, 0) is 12.7 Å². The van der Waals surface area contributed by atoms with Gasteiger partial charge in [-0.2, -0.15) is 13.2 Å². The molecule has 1 aromatic heterocycles. The van der Waals surface area contributed by atoms with Crippen LogP contribution in [0.1, 0.15) is 26.4 Å². The largest absolute Gasteiger partial charge is 0.416 e. The van der Waals surface area contributed by atoms with Crippen LogP contribution in [0.2, 0.25) is 0 Å². The van der Waals surface area contributed by atoms with Gasteiger partial charge in [0.15, 0.2) is 0 Å². The Morgan fingerprint density at radius 1 is 1.12 bits per heavy atom. The SMILES string of the molecule is BNC(=O)c1ccn2c1C(=O)N(c1ccc(C(F)(F)F)cc1)CC2. The van der Waals surface area contributed by atoms with Gasteiger partial charge < -0.3 is 14.7 Å². The summed E-state index contributed by atoms with van der Waals surface area (Å²) in [6, 6.07) is 5.96. The molecule has 2 heterocycles. The molecule has 124 valence electrons. The standard InChI is InChI=1S/C15H13BF3N3O2/c16-20-13(23)11-5-6-21-7-8-22(14(24)12(11)21)10-3-1-9(2-4-10)15(17,18)19/h1-6H,7-8,16H2,(H,20,23). The number of nitrogens with one attached hydrogen (secondary N) is 1. The van der Waals surface area contributed by atoms with Crippen molar-refractivity contribution in [1.29, 1.82) is 0 Å². The summed E-state index contributed by atoms with van der Waals surface area (Å²) >= 11 is 0. The van der Waals surface area contributed by atoms with Crippen molar-refractivity contribution in [2.24, 2.45) is 0 Å². The predicted octanol–water partition coefficient (Wildman–Crippen LogP) is 1.45. The Kier molecular flexibility index (Phi) is 3.86. The van der Waals surface area contributed by atoms with E-state index in [0.717, 1.165) is 12.1 Å². The topological polar surface area (TPSA) is 54.3 Å². The molecule has 3 rings (SSSR count). The van der Waals surface area contributed by atoms with E-state index in [1.807, 2.05) is 0 Å². The average molecular weight is 335 g/mol. The molecule has 0 fully saturated rings. The second-order valence-electron chi connectivity index (χ2n) is 5.35. The van der Waals surface area contributed by atoms with Crippen molar-refractivity contribution >= 4 is 25.5 Å². The summed E-state index contributed by atoms with van der Waals surface area (Å²) in [5.41, 5.74) is 0.0769. The number of carbonyl (C=O) groups excluding carboxylic acids is 2. The number of halogens is 3. The van der Waals surface area contributed by atoms with Gasteiger partial charge in [-0.3, -0.25) is 9.59 Å². The first-order valence-corrected chi connectivity index (χ1v) is 7.23. The molecule has 0 saturated heterocycles. The first kappa shape index (κ1) is 16.2. The van der Waals surface area contributed by atoms with Crippen molar-refractivity contribution in [3.63, 3.8) is 0 Å². The van der Waals surface area contributed by atoms with Gasteiger partial charge in [-0.25, -0.2) is 0 Å². The minimum Gasteiger partial charge on any atom is -0.402 e. The molecule has 1 N–H and O–H groups in total. The Morgan fingerprint density at radius 3 is 2.38 bits per heavy atom. The second kappa shape index (κ2) is 5.74. The van der Waals surface area contributed by atoms with Crippen molar-refractivity contribution in [2.45, 2.75) is 12.7 Å². The third-order valence-electron chi connectivity index (χ3n) is 3.95. The monoisotopic (exact) mass is 335 g/mol. The number of hydrogen-bond donors (Lipinski definition) is 1. The van der Waals surface area contributed by atoms with Crippen LogP contribution in [0.25, 0.3) is 0 Å². The highest BCUT2D eigenvalue weighted by Crippen LogP contribution is 2.31. The van der Waals surface area contributed by atoms with Crippen molar-refractivity contribution in [3.8, 4) is 0 Å². The van der Waals surface area contributed by atoms with Crippen LogP contribution in [0, 0.1) is 0 Å². The van der Waals surface area contributed by atoms with E-state index in [0.29, 0.717) is 18.8 Å². The van der Waals surface area contributed by atoms with Gasteiger partial charge >= 0.3 is 6.18 Å². The highest BCUT2D eigenvalue weighted by Gasteiger charge is 2.32. The van der Waals surface area contributed by atoms with Crippen molar-refractivity contribution in [2.75, 3.05) is 11.4 Å². The summed E-state index contributed by atoms with van der Waals surface area (Å²) < 4.78 is 39.6. The summed E-state index contributed by atoms with van der Waals surface area (Å²) in [5, 5.41) is 2.47. The van der Waals surface area contributed by atoms with Crippen LogP contribution in [0.4, 0.5) is 18.9 Å². The Labute approximate surface area is 136 Å². The Bertz CT molecular complexity index is 799. The number of fused-ring (bicyclic) bond motifs is 1. The maximum atomic E-state index is 12.7. The Morgan fingerprint density at radius 2 is 1.79 bits per heavy atom. The van der Waals surface area contributed by atoms with E-state index in [1.54, 1.807) is 16.8 Å². The first-order chi connectivity index (χ1) is 11.3. The number of anilines is 1. The zero-order valence-corrected chi connectivity index (χ0v) is 12.7. The number of hydrogen-bond acceptors (Lipinski definition) is 2. The lowest BCUT2D eigenvalue weighted by molar-refractivity contribution is -0.137. The highest BCUT2D eigenvalue weighted by molar-refractivity contribution is 6.21. The van der Waals surface area contributed by atoms with Gasteiger partial charge in [0.1, 0.15) is 5.69 Å². The van der Waals surface area contributed by atoms with E-state index in [9.17, 15) is 22.8 Å². The highest BCUT2D eigenvalue weighted by atomic mass is 19.4. The van der Waals surface area contributed by atoms with Crippen LogP contribution in [-0.4, -0.2) is 30.9 Å². The third-order valence-corrected chi connectivity index (χ3v) is 3.95. The zero-order chi connectivity index (χ0) is 17.5. The third kappa shape index (κ3) is 2.66. The van der Waals surface area contributed by atoms with E-state index >= 15 is 0 Å². The number of rotatable bonds is 2. The summed E-state index contributed by atoms with van der Waals surface area (Å²) in [5.74, 6) is -0.795. The minimum absolute atomic E-state index is 0.237. The van der Waals surface area contributed by atoms with Crippen LogP contribution < -0.4 is 10.1 Å². The van der Waals surface area contributed by atoms with Crippen LogP contribution >= 0.6 is 0 Å². The number of amides is 2. The summed E-state index contributed by atoms with van der Waals surface area (Å²) in [6.07, 6.45) is -2.77. The van der Waals surface area contributed by atoms with Crippen LogP contribution in [0.15, 0.2) is 36.5 Å². The molecule has 0 saturated carbocycles. The lowest BCUT2D eigenvalue weighted by atomic mass is 10.1. The molecule has 0 radical (unpaired) electrons. The van der Waals surface area contributed by atoms with Gasteiger partial charge in [0.25, 0.3) is 5.91 Å². The number of aromatic nitrogens is 1. The van der Waals surface area contributed by atoms with E-state index in [1.165, 1.54) is 25.0 Å².